The standard InChI is InChI=1S/C14H21N5O2/c1-9(2)13-16-14(18-17-13)11-7-19(4-5-20-11)8-12-15-6-10(3)21-12/h6,9,11H,4-5,7-8H2,1-3H3,(H,16,17,18). The van der Waals surface area contributed by atoms with E-state index >= 15 is 0 Å². The highest BCUT2D eigenvalue weighted by atomic mass is 16.5. The Bertz CT molecular complexity index is 592. The first-order valence-corrected chi connectivity index (χ1v) is 7.29. The molecule has 0 amide bonds. The number of aromatic nitrogens is 4. The minimum atomic E-state index is -0.0743. The molecule has 1 N–H and O–H groups in total. The molecule has 1 aliphatic heterocycles. The molecule has 0 aromatic carbocycles. The Labute approximate surface area is 123 Å². The third-order valence-corrected chi connectivity index (χ3v) is 3.52. The van der Waals surface area contributed by atoms with E-state index in [1.165, 1.54) is 0 Å². The smallest absolute Gasteiger partial charge is 0.208 e. The van der Waals surface area contributed by atoms with E-state index in [-0.39, 0.29) is 6.10 Å². The van der Waals surface area contributed by atoms with Crippen molar-refractivity contribution in [3.8, 4) is 0 Å². The minimum Gasteiger partial charge on any atom is -0.445 e. The molecule has 0 spiro atoms. The Hall–Kier alpha value is -1.73. The van der Waals surface area contributed by atoms with E-state index in [4.69, 9.17) is 9.15 Å². The van der Waals surface area contributed by atoms with E-state index in [0.717, 1.165) is 36.4 Å². The van der Waals surface area contributed by atoms with Gasteiger partial charge in [-0.25, -0.2) is 9.97 Å². The molecule has 1 fully saturated rings. The maximum absolute atomic E-state index is 5.80. The molecule has 0 bridgehead atoms. The fourth-order valence-electron chi connectivity index (χ4n) is 2.37. The molecule has 114 valence electrons. The molecule has 1 saturated heterocycles. The molecule has 7 nitrogen and oxygen atoms in total. The molecule has 3 heterocycles. The number of nitrogens with zero attached hydrogens (tertiary/aromatic N) is 4. The Morgan fingerprint density at radius 2 is 2.33 bits per heavy atom. The quantitative estimate of drug-likeness (QED) is 0.925. The van der Waals surface area contributed by atoms with Crippen LogP contribution in [0.15, 0.2) is 10.6 Å². The van der Waals surface area contributed by atoms with Gasteiger partial charge < -0.3 is 9.15 Å². The molecular weight excluding hydrogens is 270 g/mol. The number of morpholine rings is 1. The molecule has 7 heteroatoms. The van der Waals surface area contributed by atoms with Gasteiger partial charge in [0, 0.05) is 19.0 Å². The predicted octanol–water partition coefficient (Wildman–Crippen LogP) is 1.80. The molecule has 2 aromatic heterocycles. The van der Waals surface area contributed by atoms with Gasteiger partial charge in [-0.2, -0.15) is 5.10 Å². The maximum atomic E-state index is 5.80. The summed E-state index contributed by atoms with van der Waals surface area (Å²) in [7, 11) is 0. The minimum absolute atomic E-state index is 0.0743. The molecule has 1 unspecified atom stereocenters. The van der Waals surface area contributed by atoms with Gasteiger partial charge in [0.25, 0.3) is 0 Å². The number of aryl methyl sites for hydroxylation is 1. The van der Waals surface area contributed by atoms with Gasteiger partial charge in [0.15, 0.2) is 11.6 Å². The monoisotopic (exact) mass is 291 g/mol. The van der Waals surface area contributed by atoms with Gasteiger partial charge >= 0.3 is 0 Å². The molecule has 21 heavy (non-hydrogen) atoms. The van der Waals surface area contributed by atoms with Crippen LogP contribution in [0.3, 0.4) is 0 Å². The van der Waals surface area contributed by atoms with Crippen molar-refractivity contribution in [3.63, 3.8) is 0 Å². The molecule has 2 aromatic rings. The van der Waals surface area contributed by atoms with Crippen LogP contribution in [0.5, 0.6) is 0 Å². The average Bonchev–Trinajstić information content (AvgIpc) is 3.08. The first-order chi connectivity index (χ1) is 10.1. The van der Waals surface area contributed by atoms with Crippen molar-refractivity contribution in [2.24, 2.45) is 0 Å². The molecule has 0 radical (unpaired) electrons. The first kappa shape index (κ1) is 14.2. The number of H-pyrrole nitrogens is 1. The van der Waals surface area contributed by atoms with Crippen molar-refractivity contribution in [1.29, 1.82) is 0 Å². The van der Waals surface area contributed by atoms with E-state index in [9.17, 15) is 0 Å². The summed E-state index contributed by atoms with van der Waals surface area (Å²) >= 11 is 0. The summed E-state index contributed by atoms with van der Waals surface area (Å²) in [5.74, 6) is 3.52. The molecule has 0 aliphatic carbocycles. The fourth-order valence-corrected chi connectivity index (χ4v) is 2.37. The average molecular weight is 291 g/mol. The first-order valence-electron chi connectivity index (χ1n) is 7.29. The molecular formula is C14H21N5O2. The molecule has 0 saturated carbocycles. The largest absolute Gasteiger partial charge is 0.445 e. The number of aromatic amines is 1. The summed E-state index contributed by atoms with van der Waals surface area (Å²) in [6, 6.07) is 0. The third kappa shape index (κ3) is 3.30. The van der Waals surface area contributed by atoms with Crippen molar-refractivity contribution < 1.29 is 9.15 Å². The Kier molecular flexibility index (Phi) is 4.03. The normalized spacial score (nSPS) is 20.3. The summed E-state index contributed by atoms with van der Waals surface area (Å²) in [6.45, 7) is 9.04. The highest BCUT2D eigenvalue weighted by molar-refractivity contribution is 5.00. The Morgan fingerprint density at radius 1 is 1.48 bits per heavy atom. The number of nitrogens with one attached hydrogen (secondary N) is 1. The van der Waals surface area contributed by atoms with Gasteiger partial charge in [-0.15, -0.1) is 0 Å². The fraction of sp³-hybridized carbons (Fsp3) is 0.643. The van der Waals surface area contributed by atoms with E-state index < -0.39 is 0 Å². The summed E-state index contributed by atoms with van der Waals surface area (Å²) in [5, 5.41) is 7.23. The Morgan fingerprint density at radius 3 is 3.00 bits per heavy atom. The lowest BCUT2D eigenvalue weighted by molar-refractivity contribution is -0.0393. The summed E-state index contributed by atoms with van der Waals surface area (Å²) in [6.07, 6.45) is 1.67. The highest BCUT2D eigenvalue weighted by Gasteiger charge is 2.26. The van der Waals surface area contributed by atoms with Crippen LogP contribution in [0.2, 0.25) is 0 Å². The van der Waals surface area contributed by atoms with E-state index in [1.807, 2.05) is 6.92 Å². The summed E-state index contributed by atoms with van der Waals surface area (Å²) in [4.78, 5) is 11.0. The van der Waals surface area contributed by atoms with Crippen LogP contribution in [0.4, 0.5) is 0 Å². The van der Waals surface area contributed by atoms with Crippen molar-refractivity contribution in [3.05, 3.63) is 29.5 Å². The molecule has 1 atom stereocenters. The number of oxazole rings is 1. The van der Waals surface area contributed by atoms with Crippen LogP contribution in [0.25, 0.3) is 0 Å². The van der Waals surface area contributed by atoms with Gasteiger partial charge in [0.2, 0.25) is 5.89 Å². The van der Waals surface area contributed by atoms with E-state index in [1.54, 1.807) is 6.20 Å². The number of hydrogen-bond donors (Lipinski definition) is 1. The van der Waals surface area contributed by atoms with Crippen molar-refractivity contribution in [1.82, 2.24) is 25.1 Å². The summed E-state index contributed by atoms with van der Waals surface area (Å²) in [5.41, 5.74) is 0. The van der Waals surface area contributed by atoms with Gasteiger partial charge in [-0.1, -0.05) is 13.8 Å². The zero-order valence-corrected chi connectivity index (χ0v) is 12.7. The SMILES string of the molecule is Cc1cnc(CN2CCOC(c3nc(C(C)C)n[nH]3)C2)o1. The van der Waals surface area contributed by atoms with Crippen LogP contribution < -0.4 is 0 Å². The lowest BCUT2D eigenvalue weighted by Crippen LogP contribution is -2.38. The van der Waals surface area contributed by atoms with Gasteiger partial charge in [-0.3, -0.25) is 10.00 Å². The Balaban J connectivity index is 1.64. The zero-order chi connectivity index (χ0) is 14.8. The van der Waals surface area contributed by atoms with Crippen LogP contribution in [0.1, 0.15) is 49.2 Å². The molecule has 1 aliphatic rings. The second kappa shape index (κ2) is 5.95. The highest BCUT2D eigenvalue weighted by Crippen LogP contribution is 2.21. The number of hydrogen-bond acceptors (Lipinski definition) is 6. The maximum Gasteiger partial charge on any atom is 0.208 e. The van der Waals surface area contributed by atoms with E-state index in [2.05, 4.69) is 38.9 Å². The third-order valence-electron chi connectivity index (χ3n) is 3.52. The van der Waals surface area contributed by atoms with Crippen LogP contribution in [-0.4, -0.2) is 44.8 Å². The zero-order valence-electron chi connectivity index (χ0n) is 12.7. The van der Waals surface area contributed by atoms with Crippen molar-refractivity contribution in [2.75, 3.05) is 19.7 Å². The van der Waals surface area contributed by atoms with Gasteiger partial charge in [0.05, 0.1) is 19.3 Å². The second-order valence-corrected chi connectivity index (χ2v) is 5.69. The topological polar surface area (TPSA) is 80.1 Å². The predicted molar refractivity (Wildman–Crippen MR) is 75.7 cm³/mol. The van der Waals surface area contributed by atoms with Gasteiger partial charge in [0.1, 0.15) is 11.9 Å². The lowest BCUT2D eigenvalue weighted by atomic mass is 10.2. The van der Waals surface area contributed by atoms with Crippen LogP contribution in [0, 0.1) is 6.92 Å². The van der Waals surface area contributed by atoms with Crippen molar-refractivity contribution >= 4 is 0 Å². The second-order valence-electron chi connectivity index (χ2n) is 5.69. The summed E-state index contributed by atoms with van der Waals surface area (Å²) < 4.78 is 11.3. The lowest BCUT2D eigenvalue weighted by Gasteiger charge is -2.30. The molecule has 3 rings (SSSR count). The van der Waals surface area contributed by atoms with E-state index in [0.29, 0.717) is 19.1 Å². The van der Waals surface area contributed by atoms with Crippen LogP contribution in [-0.2, 0) is 11.3 Å². The van der Waals surface area contributed by atoms with Crippen molar-refractivity contribution in [2.45, 2.75) is 39.3 Å². The van der Waals surface area contributed by atoms with Crippen LogP contribution >= 0.6 is 0 Å². The number of rotatable bonds is 4. The number of ether oxygens (including phenoxy) is 1. The van der Waals surface area contributed by atoms with Gasteiger partial charge in [-0.05, 0) is 6.92 Å².